The predicted molar refractivity (Wildman–Crippen MR) is 123 cm³/mol. The summed E-state index contributed by atoms with van der Waals surface area (Å²) in [5.74, 6) is -0.297. The Morgan fingerprint density at radius 2 is 1.97 bits per heavy atom. The molecule has 2 aromatic rings. The molecule has 1 heterocycles. The van der Waals surface area contributed by atoms with Crippen LogP contribution in [0, 0.1) is 5.41 Å². The Bertz CT molecular complexity index is 1150. The van der Waals surface area contributed by atoms with Gasteiger partial charge in [-0.25, -0.2) is 13.6 Å². The van der Waals surface area contributed by atoms with E-state index in [1.165, 1.54) is 6.07 Å². The van der Waals surface area contributed by atoms with Gasteiger partial charge in [0, 0.05) is 5.56 Å². The van der Waals surface area contributed by atoms with Crippen molar-refractivity contribution < 1.29 is 36.2 Å². The number of carbonyl (C=O) groups excluding carboxylic acids is 1. The first kappa shape index (κ1) is 25.9. The molecule has 10 heteroatoms. The molecular weight excluding hydrogens is 468 g/mol. The van der Waals surface area contributed by atoms with Crippen LogP contribution in [0.3, 0.4) is 0 Å². The number of rotatable bonds is 10. The van der Waals surface area contributed by atoms with Crippen LogP contribution in [0.25, 0.3) is 11.1 Å². The number of esters is 1. The lowest BCUT2D eigenvalue weighted by molar-refractivity contribution is -0.153. The minimum absolute atomic E-state index is 0.0326. The fourth-order valence-corrected chi connectivity index (χ4v) is 4.73. The number of hydrogen-bond donors (Lipinski definition) is 1. The van der Waals surface area contributed by atoms with Crippen LogP contribution in [0.4, 0.5) is 8.78 Å². The summed E-state index contributed by atoms with van der Waals surface area (Å²) in [6.45, 7) is 2.67. The second kappa shape index (κ2) is 10.3. The first-order valence-corrected chi connectivity index (χ1v) is 12.7. The van der Waals surface area contributed by atoms with Gasteiger partial charge in [0.1, 0.15) is 17.6 Å². The Morgan fingerprint density at radius 3 is 2.62 bits per heavy atom. The largest absolute Gasteiger partial charge is 0.485 e. The molecule has 0 spiro atoms. The van der Waals surface area contributed by atoms with Gasteiger partial charge >= 0.3 is 12.6 Å². The van der Waals surface area contributed by atoms with Crippen molar-refractivity contribution in [3.05, 3.63) is 47.5 Å². The quantitative estimate of drug-likeness (QED) is 0.467. The Labute approximate surface area is 198 Å². The van der Waals surface area contributed by atoms with Crippen LogP contribution in [-0.4, -0.2) is 27.6 Å². The molecule has 1 aliphatic heterocycles. The van der Waals surface area contributed by atoms with Crippen LogP contribution in [0.5, 0.6) is 11.5 Å². The van der Waals surface area contributed by atoms with Crippen molar-refractivity contribution in [3.63, 3.8) is 0 Å². The highest BCUT2D eigenvalue weighted by Gasteiger charge is 2.32. The van der Waals surface area contributed by atoms with E-state index in [4.69, 9.17) is 19.3 Å². The van der Waals surface area contributed by atoms with E-state index in [9.17, 15) is 22.0 Å². The summed E-state index contributed by atoms with van der Waals surface area (Å²) in [4.78, 5) is 12.2. The summed E-state index contributed by atoms with van der Waals surface area (Å²) in [5.41, 5.74) is 1.41. The number of ether oxygens (including phenoxy) is 3. The Kier molecular flexibility index (Phi) is 7.82. The molecule has 2 aromatic carbocycles. The Hall–Kier alpha value is -2.72. The van der Waals surface area contributed by atoms with E-state index in [0.29, 0.717) is 53.9 Å². The average Bonchev–Trinajstić information content (AvgIpc) is 2.72. The number of benzene rings is 2. The van der Waals surface area contributed by atoms with E-state index in [0.717, 1.165) is 0 Å². The molecule has 0 fully saturated rings. The number of carbonyl (C=O) groups is 1. The zero-order valence-electron chi connectivity index (χ0n) is 19.3. The standard InChI is InChI=1S/C24H29F2NO6S/c1-4-31-22(28)24(2,3)12-6-9-18-17-13-15(14-34(27,29)30)10-11-16(17)21-19(32-18)7-5-8-20(21)33-23(25)26/h5,7-8,10-11,13,18,23H,4,6,9,12,14H2,1-3H3,(H2,27,29,30). The van der Waals surface area contributed by atoms with E-state index in [-0.39, 0.29) is 17.5 Å². The molecule has 186 valence electrons. The highest BCUT2D eigenvalue weighted by Crippen LogP contribution is 2.49. The van der Waals surface area contributed by atoms with Crippen molar-refractivity contribution in [1.82, 2.24) is 0 Å². The second-order valence-electron chi connectivity index (χ2n) is 8.84. The predicted octanol–water partition coefficient (Wildman–Crippen LogP) is 4.94. The molecule has 1 unspecified atom stereocenters. The van der Waals surface area contributed by atoms with Crippen molar-refractivity contribution in [2.45, 2.75) is 58.5 Å². The molecule has 3 rings (SSSR count). The van der Waals surface area contributed by atoms with Gasteiger partial charge in [-0.15, -0.1) is 0 Å². The molecule has 34 heavy (non-hydrogen) atoms. The molecule has 0 radical (unpaired) electrons. The van der Waals surface area contributed by atoms with E-state index in [1.54, 1.807) is 37.3 Å². The molecule has 0 amide bonds. The maximum absolute atomic E-state index is 13.0. The highest BCUT2D eigenvalue weighted by atomic mass is 32.2. The van der Waals surface area contributed by atoms with Crippen LogP contribution in [-0.2, 0) is 25.3 Å². The molecule has 2 N–H and O–H groups in total. The fourth-order valence-electron chi connectivity index (χ4n) is 4.09. The van der Waals surface area contributed by atoms with Gasteiger partial charge in [-0.05, 0) is 63.3 Å². The summed E-state index contributed by atoms with van der Waals surface area (Å²) in [7, 11) is -3.77. The van der Waals surface area contributed by atoms with Crippen LogP contribution in [0.1, 0.15) is 57.3 Å². The lowest BCUT2D eigenvalue weighted by Crippen LogP contribution is -2.27. The van der Waals surface area contributed by atoms with E-state index in [2.05, 4.69) is 0 Å². The smallest absolute Gasteiger partial charge is 0.387 e. The Morgan fingerprint density at radius 1 is 1.24 bits per heavy atom. The number of fused-ring (bicyclic) bond motifs is 3. The zero-order chi connectivity index (χ0) is 25.1. The average molecular weight is 498 g/mol. The van der Waals surface area contributed by atoms with E-state index < -0.39 is 28.2 Å². The Balaban J connectivity index is 1.94. The van der Waals surface area contributed by atoms with Crippen molar-refractivity contribution in [2.24, 2.45) is 10.6 Å². The van der Waals surface area contributed by atoms with E-state index >= 15 is 0 Å². The van der Waals surface area contributed by atoms with Gasteiger partial charge in [0.25, 0.3) is 0 Å². The highest BCUT2D eigenvalue weighted by molar-refractivity contribution is 7.88. The molecule has 1 atom stereocenters. The first-order chi connectivity index (χ1) is 15.9. The van der Waals surface area contributed by atoms with Crippen LogP contribution < -0.4 is 14.6 Å². The normalized spacial score (nSPS) is 15.3. The molecule has 0 aromatic heterocycles. The van der Waals surface area contributed by atoms with Crippen molar-refractivity contribution in [3.8, 4) is 22.6 Å². The molecule has 1 aliphatic rings. The number of alkyl halides is 2. The van der Waals surface area contributed by atoms with Gasteiger partial charge in [0.05, 0.1) is 23.3 Å². The minimum Gasteiger partial charge on any atom is -0.485 e. The van der Waals surface area contributed by atoms with Gasteiger partial charge in [0.15, 0.2) is 0 Å². The molecule has 0 bridgehead atoms. The van der Waals surface area contributed by atoms with Gasteiger partial charge in [-0.3, -0.25) is 4.79 Å². The fraction of sp³-hybridized carbons (Fsp3) is 0.458. The van der Waals surface area contributed by atoms with Crippen LogP contribution >= 0.6 is 0 Å². The lowest BCUT2D eigenvalue weighted by atomic mass is 9.84. The maximum atomic E-state index is 13.0. The summed E-state index contributed by atoms with van der Waals surface area (Å²) >= 11 is 0. The molecular formula is C24H29F2NO6S. The molecule has 7 nitrogen and oxygen atoms in total. The number of primary sulfonamides is 1. The van der Waals surface area contributed by atoms with Crippen molar-refractivity contribution in [1.29, 1.82) is 0 Å². The van der Waals surface area contributed by atoms with Crippen molar-refractivity contribution >= 4 is 16.0 Å². The number of nitrogens with two attached hydrogens (primary N) is 1. The summed E-state index contributed by atoms with van der Waals surface area (Å²) < 4.78 is 65.3. The summed E-state index contributed by atoms with van der Waals surface area (Å²) in [6.07, 6.45) is 1.17. The number of hydrogen-bond acceptors (Lipinski definition) is 6. The van der Waals surface area contributed by atoms with E-state index in [1.807, 2.05) is 13.8 Å². The topological polar surface area (TPSA) is 105 Å². The summed E-state index contributed by atoms with van der Waals surface area (Å²) in [6, 6.07) is 9.60. The first-order valence-electron chi connectivity index (χ1n) is 11.0. The van der Waals surface area contributed by atoms with Crippen LogP contribution in [0.15, 0.2) is 36.4 Å². The van der Waals surface area contributed by atoms with Crippen LogP contribution in [0.2, 0.25) is 0 Å². The monoisotopic (exact) mass is 497 g/mol. The third-order valence-electron chi connectivity index (χ3n) is 5.67. The molecule has 0 aliphatic carbocycles. The van der Waals surface area contributed by atoms with Crippen molar-refractivity contribution in [2.75, 3.05) is 6.61 Å². The number of halogens is 2. The third-order valence-corrected chi connectivity index (χ3v) is 6.41. The second-order valence-corrected chi connectivity index (χ2v) is 10.5. The number of sulfonamides is 1. The van der Waals surface area contributed by atoms with Gasteiger partial charge in [-0.2, -0.15) is 8.78 Å². The molecule has 0 saturated carbocycles. The maximum Gasteiger partial charge on any atom is 0.387 e. The van der Waals surface area contributed by atoms with Gasteiger partial charge in [0.2, 0.25) is 10.0 Å². The summed E-state index contributed by atoms with van der Waals surface area (Å²) in [5, 5.41) is 5.21. The van der Waals surface area contributed by atoms with Gasteiger partial charge in [-0.1, -0.05) is 24.3 Å². The minimum atomic E-state index is -3.77. The SMILES string of the molecule is CCOC(=O)C(C)(C)CCCC1Oc2cccc(OC(F)F)c2-c2ccc(CS(N)(=O)=O)cc21. The lowest BCUT2D eigenvalue weighted by Gasteiger charge is -2.31. The molecule has 0 saturated heterocycles. The zero-order valence-corrected chi connectivity index (χ0v) is 20.2. The third kappa shape index (κ3) is 6.24. The van der Waals surface area contributed by atoms with Gasteiger partial charge < -0.3 is 14.2 Å².